The van der Waals surface area contributed by atoms with Crippen molar-refractivity contribution in [3.8, 4) is 22.5 Å². The summed E-state index contributed by atoms with van der Waals surface area (Å²) in [7, 11) is 0. The van der Waals surface area contributed by atoms with E-state index in [9.17, 15) is 0 Å². The Balaban J connectivity index is 1.21. The molecule has 0 aliphatic carbocycles. The molecule has 52 heavy (non-hydrogen) atoms. The molecule has 4 heterocycles. The third-order valence-electron chi connectivity index (χ3n) is 10.9. The van der Waals surface area contributed by atoms with E-state index in [0.29, 0.717) is 0 Å². The van der Waals surface area contributed by atoms with Crippen LogP contribution in [0.4, 0.5) is 0 Å². The fourth-order valence-electron chi connectivity index (χ4n) is 8.64. The molecule has 12 aromatic rings. The first-order valence-corrected chi connectivity index (χ1v) is 19.3. The van der Waals surface area contributed by atoms with Crippen molar-refractivity contribution >= 4 is 107 Å². The monoisotopic (exact) mass is 696 g/mol. The second-order valence-corrected chi connectivity index (χ2v) is 15.8. The van der Waals surface area contributed by atoms with Gasteiger partial charge in [0.2, 0.25) is 0 Å². The topological polar surface area (TPSA) is 9.86 Å². The highest BCUT2D eigenvalue weighted by Gasteiger charge is 2.21. The second kappa shape index (κ2) is 10.7. The second-order valence-electron chi connectivity index (χ2n) is 13.7. The van der Waals surface area contributed by atoms with Crippen molar-refractivity contribution in [1.82, 2.24) is 9.13 Å². The first-order valence-electron chi connectivity index (χ1n) is 17.7. The van der Waals surface area contributed by atoms with Gasteiger partial charge in [0, 0.05) is 62.9 Å². The molecule has 0 N–H and O–H groups in total. The number of hydrogen-bond donors (Lipinski definition) is 0. The molecule has 0 amide bonds. The lowest BCUT2D eigenvalue weighted by Crippen LogP contribution is -1.97. The minimum Gasteiger partial charge on any atom is -0.309 e. The van der Waals surface area contributed by atoms with E-state index in [1.807, 2.05) is 22.7 Å². The normalized spacial score (nSPS) is 12.2. The molecule has 4 aromatic heterocycles. The lowest BCUT2D eigenvalue weighted by atomic mass is 10.0. The van der Waals surface area contributed by atoms with Crippen LogP contribution in [0.15, 0.2) is 170 Å². The number of nitrogens with zero attached hydrogens (tertiary/aromatic N) is 2. The van der Waals surface area contributed by atoms with Crippen LogP contribution >= 0.6 is 22.7 Å². The zero-order chi connectivity index (χ0) is 33.9. The summed E-state index contributed by atoms with van der Waals surface area (Å²) in [5.74, 6) is 0. The van der Waals surface area contributed by atoms with Crippen molar-refractivity contribution in [2.24, 2.45) is 0 Å². The number of thiophene rings is 2. The van der Waals surface area contributed by atoms with Crippen LogP contribution in [0, 0.1) is 0 Å². The summed E-state index contributed by atoms with van der Waals surface area (Å²) < 4.78 is 10.3. The Hall–Kier alpha value is -6.20. The third-order valence-corrected chi connectivity index (χ3v) is 13.3. The van der Waals surface area contributed by atoms with E-state index in [1.165, 1.54) is 101 Å². The third kappa shape index (κ3) is 3.88. The molecule has 0 spiro atoms. The highest BCUT2D eigenvalue weighted by molar-refractivity contribution is 7.27. The van der Waals surface area contributed by atoms with Gasteiger partial charge in [-0.05, 0) is 65.7 Å². The van der Waals surface area contributed by atoms with E-state index in [-0.39, 0.29) is 0 Å². The quantitative estimate of drug-likeness (QED) is 0.174. The summed E-state index contributed by atoms with van der Waals surface area (Å²) in [5, 5.41) is 10.4. The summed E-state index contributed by atoms with van der Waals surface area (Å²) >= 11 is 3.81. The van der Waals surface area contributed by atoms with Crippen LogP contribution in [0.2, 0.25) is 0 Å². The van der Waals surface area contributed by atoms with Gasteiger partial charge in [0.15, 0.2) is 0 Å². The van der Waals surface area contributed by atoms with Crippen molar-refractivity contribution < 1.29 is 0 Å². The number of para-hydroxylation sites is 2. The number of fused-ring (bicyclic) bond motifs is 13. The number of rotatable bonds is 3. The van der Waals surface area contributed by atoms with Gasteiger partial charge in [-0.25, -0.2) is 0 Å². The van der Waals surface area contributed by atoms with Crippen molar-refractivity contribution in [3.63, 3.8) is 0 Å². The van der Waals surface area contributed by atoms with Gasteiger partial charge in [0.05, 0.1) is 32.5 Å². The lowest BCUT2D eigenvalue weighted by molar-refractivity contribution is 1.16. The molecule has 4 heteroatoms. The Labute approximate surface area is 306 Å². The largest absolute Gasteiger partial charge is 0.309 e. The van der Waals surface area contributed by atoms with Crippen molar-refractivity contribution in [2.75, 3.05) is 0 Å². The van der Waals surface area contributed by atoms with E-state index in [0.717, 1.165) is 5.69 Å². The van der Waals surface area contributed by atoms with Crippen LogP contribution < -0.4 is 0 Å². The standard InChI is InChI=1S/C48H28N2S2/c1-2-11-29(12-3-1)30-21-26-45-38(27-30)36-24-25-41-46(48(36)52-45)37-23-22-31(49-39-17-7-4-13-32(39)33-14-5-8-18-40(33)49)28-43(37)50(41)42-19-10-16-35-34-15-6-9-20-44(34)51-47(35)42/h1-28H. The molecule has 0 aliphatic heterocycles. The maximum atomic E-state index is 2.54. The van der Waals surface area contributed by atoms with Gasteiger partial charge in [0.1, 0.15) is 0 Å². The predicted molar refractivity (Wildman–Crippen MR) is 226 cm³/mol. The van der Waals surface area contributed by atoms with Gasteiger partial charge in [-0.15, -0.1) is 22.7 Å². The molecule has 242 valence electrons. The van der Waals surface area contributed by atoms with Crippen molar-refractivity contribution in [1.29, 1.82) is 0 Å². The summed E-state index contributed by atoms with van der Waals surface area (Å²) in [6.45, 7) is 0. The van der Waals surface area contributed by atoms with E-state index in [4.69, 9.17) is 0 Å². The molecular formula is C48H28N2S2. The minimum absolute atomic E-state index is 1.16. The van der Waals surface area contributed by atoms with Crippen molar-refractivity contribution in [2.45, 2.75) is 0 Å². The molecule has 0 unspecified atom stereocenters. The fourth-order valence-corrected chi connectivity index (χ4v) is 11.1. The fraction of sp³-hybridized carbons (Fsp3) is 0. The average molecular weight is 697 g/mol. The van der Waals surface area contributed by atoms with E-state index in [1.54, 1.807) is 0 Å². The van der Waals surface area contributed by atoms with Crippen LogP contribution in [0.1, 0.15) is 0 Å². The van der Waals surface area contributed by atoms with Gasteiger partial charge >= 0.3 is 0 Å². The van der Waals surface area contributed by atoms with Crippen LogP contribution in [-0.4, -0.2) is 9.13 Å². The zero-order valence-electron chi connectivity index (χ0n) is 27.9. The minimum atomic E-state index is 1.16. The molecule has 0 fully saturated rings. The Morgan fingerprint density at radius 3 is 1.81 bits per heavy atom. The molecule has 0 aliphatic rings. The number of benzene rings is 8. The van der Waals surface area contributed by atoms with E-state index in [2.05, 4.69) is 179 Å². The Morgan fingerprint density at radius 1 is 0.327 bits per heavy atom. The van der Waals surface area contributed by atoms with Gasteiger partial charge in [-0.2, -0.15) is 0 Å². The van der Waals surface area contributed by atoms with Crippen LogP contribution in [0.25, 0.3) is 106 Å². The summed E-state index contributed by atoms with van der Waals surface area (Å²) in [6, 6.07) is 62.7. The predicted octanol–water partition coefficient (Wildman–Crippen LogP) is 14.3. The first-order chi connectivity index (χ1) is 25.8. The molecule has 2 nitrogen and oxygen atoms in total. The van der Waals surface area contributed by atoms with E-state index < -0.39 is 0 Å². The van der Waals surface area contributed by atoms with Gasteiger partial charge < -0.3 is 9.13 Å². The molecule has 0 radical (unpaired) electrons. The lowest BCUT2D eigenvalue weighted by Gasteiger charge is -2.12. The zero-order valence-corrected chi connectivity index (χ0v) is 29.5. The number of hydrogen-bond acceptors (Lipinski definition) is 2. The molecule has 0 saturated heterocycles. The Bertz CT molecular complexity index is 3360. The van der Waals surface area contributed by atoms with Crippen LogP contribution in [0.5, 0.6) is 0 Å². The maximum absolute atomic E-state index is 2.54. The van der Waals surface area contributed by atoms with Crippen molar-refractivity contribution in [3.05, 3.63) is 170 Å². The molecule has 0 atom stereocenters. The highest BCUT2D eigenvalue weighted by Crippen LogP contribution is 2.47. The van der Waals surface area contributed by atoms with Crippen LogP contribution in [-0.2, 0) is 0 Å². The van der Waals surface area contributed by atoms with Crippen LogP contribution in [0.3, 0.4) is 0 Å². The Morgan fingerprint density at radius 2 is 0.981 bits per heavy atom. The maximum Gasteiger partial charge on any atom is 0.0640 e. The summed E-state index contributed by atoms with van der Waals surface area (Å²) in [5.41, 5.74) is 9.79. The first kappa shape index (κ1) is 28.5. The van der Waals surface area contributed by atoms with E-state index >= 15 is 0 Å². The molecule has 0 bridgehead atoms. The highest BCUT2D eigenvalue weighted by atomic mass is 32.1. The molecule has 0 saturated carbocycles. The molecule has 12 rings (SSSR count). The van der Waals surface area contributed by atoms with Gasteiger partial charge in [-0.3, -0.25) is 0 Å². The smallest absolute Gasteiger partial charge is 0.0640 e. The molecule has 8 aromatic carbocycles. The summed E-state index contributed by atoms with van der Waals surface area (Å²) in [6.07, 6.45) is 0. The summed E-state index contributed by atoms with van der Waals surface area (Å²) in [4.78, 5) is 0. The van der Waals surface area contributed by atoms with Gasteiger partial charge in [-0.1, -0.05) is 115 Å². The number of aromatic nitrogens is 2. The SMILES string of the molecule is c1ccc(-c2ccc3sc4c(ccc5c4c4ccc(-n6c7ccccc7c7ccccc76)cc4n5-c4cccc5c4sc4ccccc45)c3c2)cc1. The Kier molecular flexibility index (Phi) is 5.84. The average Bonchev–Trinajstić information content (AvgIpc) is 3.95. The van der Waals surface area contributed by atoms with Gasteiger partial charge in [0.25, 0.3) is 0 Å². The molecular weight excluding hydrogens is 669 g/mol.